The molecule has 0 fully saturated rings. The zero-order chi connectivity index (χ0) is 31.1. The maximum Gasteiger partial charge on any atom is 0.253 e. The molecule has 0 unspecified atom stereocenters. The average Bonchev–Trinajstić information content (AvgIpc) is 2.97. The molecular formula is C28H42N8O5S. The minimum atomic E-state index is -1.37. The topological polar surface area (TPSA) is 224 Å². The number of carbonyl (C=O) groups excluding carboxylic acids is 5. The Labute approximate surface area is 250 Å². The Morgan fingerprint density at radius 2 is 1.55 bits per heavy atom. The molecule has 0 radical (unpaired) electrons. The fraction of sp³-hybridized carbons (Fsp3) is 0.500. The number of fused-ring (bicyclic) bond motifs is 1. The minimum absolute atomic E-state index is 0.117. The average molecular weight is 603 g/mol. The Morgan fingerprint density at radius 1 is 0.881 bits per heavy atom. The number of carbonyl (C=O) groups is 5. The summed E-state index contributed by atoms with van der Waals surface area (Å²) in [6.45, 7) is 3.04. The molecule has 0 aliphatic rings. The van der Waals surface area contributed by atoms with Crippen molar-refractivity contribution in [3.05, 3.63) is 41.6 Å². The molecule has 0 spiro atoms. The molecule has 10 N–H and O–H groups in total. The summed E-state index contributed by atoms with van der Waals surface area (Å²) in [7, 11) is 0. The number of nitrogens with one attached hydrogen (secondary N) is 4. The van der Waals surface area contributed by atoms with Gasteiger partial charge in [0.05, 0.1) is 23.2 Å². The lowest BCUT2D eigenvalue weighted by Crippen LogP contribution is -2.57. The number of nitrogens with two attached hydrogens (primary N) is 3. The maximum atomic E-state index is 13.3. The maximum absolute atomic E-state index is 13.3. The van der Waals surface area contributed by atoms with E-state index in [1.54, 1.807) is 6.07 Å². The van der Waals surface area contributed by atoms with Crippen molar-refractivity contribution in [1.82, 2.24) is 26.3 Å². The zero-order valence-electron chi connectivity index (χ0n) is 23.9. The molecule has 1 aromatic heterocycles. The highest BCUT2D eigenvalue weighted by Gasteiger charge is 2.30. The minimum Gasteiger partial charge on any atom is -0.370 e. The Morgan fingerprint density at radius 3 is 2.19 bits per heavy atom. The number of thiol groups is 1. The van der Waals surface area contributed by atoms with Crippen LogP contribution in [0.2, 0.25) is 0 Å². The number of rotatable bonds is 18. The summed E-state index contributed by atoms with van der Waals surface area (Å²) >= 11 is 4.19. The molecule has 0 saturated heterocycles. The first-order valence-electron chi connectivity index (χ1n) is 14.0. The van der Waals surface area contributed by atoms with Gasteiger partial charge in [0.25, 0.3) is 5.91 Å². The molecule has 3 atom stereocenters. The van der Waals surface area contributed by atoms with Crippen molar-refractivity contribution >= 4 is 53.1 Å². The van der Waals surface area contributed by atoms with Crippen molar-refractivity contribution < 1.29 is 24.0 Å². The molecule has 14 heteroatoms. The highest BCUT2D eigenvalue weighted by Crippen LogP contribution is 2.18. The van der Waals surface area contributed by atoms with Gasteiger partial charge in [-0.25, -0.2) is 0 Å². The van der Waals surface area contributed by atoms with Gasteiger partial charge in [0.15, 0.2) is 0 Å². The summed E-state index contributed by atoms with van der Waals surface area (Å²) in [6.07, 6.45) is 2.12. The third kappa shape index (κ3) is 10.6. The Bertz CT molecular complexity index is 1240. The highest BCUT2D eigenvalue weighted by molar-refractivity contribution is 7.80. The number of pyridine rings is 1. The fourth-order valence-corrected chi connectivity index (χ4v) is 4.46. The Hall–Kier alpha value is -3.75. The van der Waals surface area contributed by atoms with E-state index in [2.05, 4.69) is 38.9 Å². The molecule has 0 aliphatic heterocycles. The van der Waals surface area contributed by atoms with Gasteiger partial charge in [-0.2, -0.15) is 12.6 Å². The van der Waals surface area contributed by atoms with Crippen LogP contribution in [-0.4, -0.2) is 78.0 Å². The van der Waals surface area contributed by atoms with Crippen LogP contribution >= 0.6 is 12.6 Å². The second-order valence-electron chi connectivity index (χ2n) is 9.75. The smallest absolute Gasteiger partial charge is 0.253 e. The number of aryl methyl sites for hydroxylation is 1. The van der Waals surface area contributed by atoms with Gasteiger partial charge < -0.3 is 38.5 Å². The van der Waals surface area contributed by atoms with E-state index in [1.807, 2.05) is 31.2 Å². The third-order valence-corrected chi connectivity index (χ3v) is 6.85. The van der Waals surface area contributed by atoms with E-state index in [0.29, 0.717) is 62.9 Å². The third-order valence-electron chi connectivity index (χ3n) is 6.49. The van der Waals surface area contributed by atoms with Crippen LogP contribution in [0.1, 0.15) is 55.1 Å². The van der Waals surface area contributed by atoms with Crippen LogP contribution in [0.25, 0.3) is 10.9 Å². The van der Waals surface area contributed by atoms with Crippen LogP contribution in [0.15, 0.2) is 30.3 Å². The largest absolute Gasteiger partial charge is 0.370 e. The van der Waals surface area contributed by atoms with Gasteiger partial charge in [-0.1, -0.05) is 25.1 Å². The molecule has 2 rings (SSSR count). The fourth-order valence-electron chi connectivity index (χ4n) is 4.21. The van der Waals surface area contributed by atoms with Gasteiger partial charge in [-0.3, -0.25) is 29.0 Å². The first kappa shape index (κ1) is 34.5. The second-order valence-corrected chi connectivity index (χ2v) is 10.1. The van der Waals surface area contributed by atoms with Gasteiger partial charge in [0.1, 0.15) is 18.1 Å². The first-order chi connectivity index (χ1) is 20.1. The van der Waals surface area contributed by atoms with E-state index < -0.39 is 48.2 Å². The molecule has 2 aromatic rings. The van der Waals surface area contributed by atoms with Crippen LogP contribution in [0.3, 0.4) is 0 Å². The monoisotopic (exact) mass is 602 g/mol. The van der Waals surface area contributed by atoms with Crippen LogP contribution in [0.5, 0.6) is 0 Å². The molecule has 5 amide bonds. The molecule has 1 aromatic carbocycles. The van der Waals surface area contributed by atoms with E-state index >= 15 is 0 Å². The number of unbranched alkanes of at least 4 members (excludes halogenated alkanes) is 1. The first-order valence-corrected chi connectivity index (χ1v) is 14.7. The molecule has 13 nitrogen and oxygen atoms in total. The van der Waals surface area contributed by atoms with E-state index in [0.717, 1.165) is 5.39 Å². The van der Waals surface area contributed by atoms with Crippen molar-refractivity contribution in [2.75, 3.05) is 25.4 Å². The van der Waals surface area contributed by atoms with Gasteiger partial charge >= 0.3 is 0 Å². The standard InChI is InChI=1S/C28H42N8O5S/c1-2-19-18(14-17-8-3-4-9-20(17)33-19)25(38)35-22(15-24(31)37)27(40)36-23(16-42)28(41)34-21(10-5-6-11-29)26(39)32-13-7-12-30/h3-4,8-9,14,21-23,42H,2,5-7,10-13,15-16,29-30H2,1H3,(H2,31,37)(H,32,39)(H,34,41)(H,35,38)(H,36,40)/t21-,22-,23-/m0/s1. The van der Waals surface area contributed by atoms with E-state index in [1.165, 1.54) is 0 Å². The summed E-state index contributed by atoms with van der Waals surface area (Å²) in [6, 6.07) is 5.55. The molecular weight excluding hydrogens is 560 g/mol. The van der Waals surface area contributed by atoms with Crippen LogP contribution in [0.4, 0.5) is 0 Å². The number of aromatic nitrogens is 1. The zero-order valence-corrected chi connectivity index (χ0v) is 24.8. The van der Waals surface area contributed by atoms with E-state index in [9.17, 15) is 24.0 Å². The molecule has 0 bridgehead atoms. The van der Waals surface area contributed by atoms with Crippen molar-refractivity contribution in [1.29, 1.82) is 0 Å². The van der Waals surface area contributed by atoms with Gasteiger partial charge in [0, 0.05) is 17.7 Å². The Balaban J connectivity index is 2.18. The van der Waals surface area contributed by atoms with Crippen molar-refractivity contribution in [2.24, 2.45) is 17.2 Å². The lowest BCUT2D eigenvalue weighted by molar-refractivity contribution is -0.132. The highest BCUT2D eigenvalue weighted by atomic mass is 32.1. The van der Waals surface area contributed by atoms with Crippen molar-refractivity contribution in [2.45, 2.75) is 63.6 Å². The molecule has 0 saturated carbocycles. The summed E-state index contributed by atoms with van der Waals surface area (Å²) in [5.41, 5.74) is 17.9. The van der Waals surface area contributed by atoms with Gasteiger partial charge in [-0.15, -0.1) is 0 Å². The summed E-state index contributed by atoms with van der Waals surface area (Å²) in [4.78, 5) is 68.6. The number of amides is 5. The number of para-hydroxylation sites is 1. The molecule has 0 aliphatic carbocycles. The molecule has 1 heterocycles. The molecule has 42 heavy (non-hydrogen) atoms. The predicted octanol–water partition coefficient (Wildman–Crippen LogP) is -0.736. The van der Waals surface area contributed by atoms with E-state index in [4.69, 9.17) is 17.2 Å². The number of primary amides is 1. The quantitative estimate of drug-likeness (QED) is 0.0799. The number of nitrogens with zero attached hydrogens (tertiary/aromatic N) is 1. The lowest BCUT2D eigenvalue weighted by Gasteiger charge is -2.24. The SMILES string of the molecule is CCc1nc2ccccc2cc1C(=O)N[C@@H](CC(N)=O)C(=O)N[C@@H](CS)C(=O)N[C@@H](CCCCN)C(=O)NCCCN. The summed E-state index contributed by atoms with van der Waals surface area (Å²) in [5.74, 6) is -3.41. The summed E-state index contributed by atoms with van der Waals surface area (Å²) < 4.78 is 0. The van der Waals surface area contributed by atoms with E-state index in [-0.39, 0.29) is 17.2 Å². The summed E-state index contributed by atoms with van der Waals surface area (Å²) in [5, 5.41) is 11.2. The molecule has 230 valence electrons. The lowest BCUT2D eigenvalue weighted by atomic mass is 10.1. The van der Waals surface area contributed by atoms with Gasteiger partial charge in [-0.05, 0) is 57.3 Å². The van der Waals surface area contributed by atoms with Crippen LogP contribution in [-0.2, 0) is 25.6 Å². The predicted molar refractivity (Wildman–Crippen MR) is 163 cm³/mol. The Kier molecular flexibility index (Phi) is 14.7. The van der Waals surface area contributed by atoms with Gasteiger partial charge in [0.2, 0.25) is 23.6 Å². The van der Waals surface area contributed by atoms with Crippen molar-refractivity contribution in [3.63, 3.8) is 0 Å². The second kappa shape index (κ2) is 17.9. The van der Waals surface area contributed by atoms with Crippen LogP contribution in [0, 0.1) is 0 Å². The number of hydrogen-bond donors (Lipinski definition) is 8. The van der Waals surface area contributed by atoms with Crippen molar-refractivity contribution in [3.8, 4) is 0 Å². The normalized spacial score (nSPS) is 13.0. The number of hydrogen-bond acceptors (Lipinski definition) is 9. The number of benzene rings is 1. The van der Waals surface area contributed by atoms with Crippen LogP contribution < -0.4 is 38.5 Å².